The number of ether oxygens (including phenoxy) is 12. The summed E-state index contributed by atoms with van der Waals surface area (Å²) in [6.45, 7) is 13.8. The first-order chi connectivity index (χ1) is 64.8. The van der Waals surface area contributed by atoms with E-state index in [1.54, 1.807) is 0 Å². The average molecular weight is 1810 g/mol. The summed E-state index contributed by atoms with van der Waals surface area (Å²) in [6.07, 6.45) is 33.2. The standard InChI is InChI=1S/C108H144N8O16/c1-5-9-29-49-129-101-77-53-79-59-86-61-81(102(79)130-50-30-10-6-2)55-83-63-88-64-84(104(83)132-52-32-12-8-4)56-82-62-87-60-80(103(82)131-51-31-11-7-3)54-78(101)58-85(57-77)109-105(117)113-89-65-93-73-94(66-89)122-42-34-22-14-16-24-36-44-124-96-68-91(115-107(119)111-87)70-98(75-96)126-46-38-26-18-20-28-40-48-128-100-72-92(116-108(120)112-88)71-99(76-100)127-47-39-27-19-17-25-37-45-125-97-69-90(114-106(118)110-86)67-95(74-97)123-43-35-23-15-13-21-33-41-121-93/h57-76H,5-56H2,1-4H3,(H2,109,113,117)(H2,110,114,118)(H2,111,115,119)(H2,112,116,120). The summed E-state index contributed by atoms with van der Waals surface area (Å²) in [4.78, 5) is 61.6. The second-order valence-corrected chi connectivity index (χ2v) is 35.8. The number of unbranched alkanes of at least 4 members (excludes halogenated alkanes) is 8. The van der Waals surface area contributed by atoms with E-state index in [1.165, 1.54) is 0 Å². The molecule has 24 nitrogen and oxygen atoms in total. The third-order valence-corrected chi connectivity index (χ3v) is 24.4. The third kappa shape index (κ3) is 32.4. The van der Waals surface area contributed by atoms with E-state index in [1.807, 2.05) is 121 Å². The lowest BCUT2D eigenvalue weighted by Gasteiger charge is -2.25. The zero-order valence-corrected chi connectivity index (χ0v) is 78.8. The highest BCUT2D eigenvalue weighted by atomic mass is 16.5. The van der Waals surface area contributed by atoms with Gasteiger partial charge in [0.05, 0.1) is 79.3 Å². The first-order valence-electron chi connectivity index (χ1n) is 49.9. The zero-order chi connectivity index (χ0) is 91.5. The minimum atomic E-state index is -0.514. The Morgan fingerprint density at radius 2 is 0.341 bits per heavy atom. The van der Waals surface area contributed by atoms with Gasteiger partial charge in [-0.2, -0.15) is 0 Å². The van der Waals surface area contributed by atoms with E-state index < -0.39 is 24.1 Å². The van der Waals surface area contributed by atoms with Crippen LogP contribution < -0.4 is 99.4 Å². The van der Waals surface area contributed by atoms with E-state index in [0.29, 0.717) is 238 Å². The smallest absolute Gasteiger partial charge is 0.323 e. The lowest BCUT2D eigenvalue weighted by Crippen LogP contribution is -2.21. The molecule has 0 atom stereocenters. The molecule has 0 fully saturated rings. The average Bonchev–Trinajstić information content (AvgIpc) is 0.774. The molecule has 8 amide bonds. The van der Waals surface area contributed by atoms with Gasteiger partial charge in [0.2, 0.25) is 0 Å². The number of rotatable bonds is 20. The minimum Gasteiger partial charge on any atom is -0.493 e. The summed E-state index contributed by atoms with van der Waals surface area (Å²) < 4.78 is 82.1. The zero-order valence-electron chi connectivity index (χ0n) is 78.8. The molecule has 0 saturated carbocycles. The van der Waals surface area contributed by atoms with Gasteiger partial charge in [-0.25, -0.2) is 19.2 Å². The van der Waals surface area contributed by atoms with E-state index in [0.717, 1.165) is 231 Å². The molecule has 24 heteroatoms. The van der Waals surface area contributed by atoms with Crippen molar-refractivity contribution in [3.63, 3.8) is 0 Å². The fourth-order valence-electron chi connectivity index (χ4n) is 17.6. The van der Waals surface area contributed by atoms with Crippen LogP contribution in [0.1, 0.15) is 303 Å². The van der Waals surface area contributed by atoms with Crippen LogP contribution in [-0.4, -0.2) is 103 Å². The molecular formula is C108H144N8O16. The van der Waals surface area contributed by atoms with Gasteiger partial charge in [-0.3, -0.25) is 0 Å². The van der Waals surface area contributed by atoms with Crippen molar-refractivity contribution in [1.29, 1.82) is 0 Å². The molecule has 24 bridgehead atoms. The van der Waals surface area contributed by atoms with Gasteiger partial charge in [0.25, 0.3) is 0 Å². The molecule has 4 heterocycles. The number of hydrogen-bond donors (Lipinski definition) is 8. The summed E-state index contributed by atoms with van der Waals surface area (Å²) in [6, 6.07) is 36.2. The summed E-state index contributed by atoms with van der Waals surface area (Å²) in [5.74, 6) is 6.93. The second-order valence-electron chi connectivity index (χ2n) is 35.8. The Labute approximate surface area is 782 Å². The Balaban J connectivity index is 1.07. The summed E-state index contributed by atoms with van der Waals surface area (Å²) in [5, 5.41) is 26.1. The predicted octanol–water partition coefficient (Wildman–Crippen LogP) is 27.7. The van der Waals surface area contributed by atoms with Crippen molar-refractivity contribution >= 4 is 69.6 Å². The summed E-state index contributed by atoms with van der Waals surface area (Å²) >= 11 is 0. The SMILES string of the molecule is CCCCCOc1c2cc3cc1Cc1cc4cc(c1OCCCCC)Cc1cc5cc(c1OCCCCC)Cc1cc(cc(c1OCCCCC)C2)NC(=O)Nc1cc2cc(c1)OCCCCCCCCOc1cc(cc(c1)OCCCCCCCCOc1cc(cc(c1)OCCCCCCCCOc1cc(cc(c1)OCCCCCCCCO2)NC(=O)N3)NC(=O)N4)NC(=O)N5. The van der Waals surface area contributed by atoms with E-state index in [4.69, 9.17) is 56.8 Å². The highest BCUT2D eigenvalue weighted by molar-refractivity contribution is 6.03. The first kappa shape index (κ1) is 98.0. The topological polar surface area (TPSA) is 275 Å². The molecule has 4 aliphatic heterocycles. The van der Waals surface area contributed by atoms with Crippen molar-refractivity contribution in [1.82, 2.24) is 0 Å². The molecule has 0 aromatic heterocycles. The van der Waals surface area contributed by atoms with E-state index in [9.17, 15) is 0 Å². The van der Waals surface area contributed by atoms with Crippen LogP contribution in [0.25, 0.3) is 0 Å². The third-order valence-electron chi connectivity index (χ3n) is 24.4. The molecule has 0 radical (unpaired) electrons. The largest absolute Gasteiger partial charge is 0.493 e. The van der Waals surface area contributed by atoms with E-state index in [-0.39, 0.29) is 25.7 Å². The maximum Gasteiger partial charge on any atom is 0.323 e. The molecule has 132 heavy (non-hydrogen) atoms. The number of amides is 8. The van der Waals surface area contributed by atoms with Crippen LogP contribution in [0.4, 0.5) is 64.7 Å². The summed E-state index contributed by atoms with van der Waals surface area (Å²) in [7, 11) is 0. The second kappa shape index (κ2) is 53.8. The maximum absolute atomic E-state index is 15.4. The molecule has 8 N–H and O–H groups in total. The Morgan fingerprint density at radius 3 is 0.492 bits per heavy atom. The van der Waals surface area contributed by atoms with Crippen molar-refractivity contribution < 1.29 is 76.0 Å². The number of benzene rings is 8. The molecule has 5 aliphatic rings. The number of anilines is 8. The highest BCUT2D eigenvalue weighted by Crippen LogP contribution is 2.45. The normalized spacial score (nSPS) is 16.5. The van der Waals surface area contributed by atoms with Gasteiger partial charge in [0.15, 0.2) is 0 Å². The van der Waals surface area contributed by atoms with Gasteiger partial charge < -0.3 is 99.4 Å². The van der Waals surface area contributed by atoms with Gasteiger partial charge in [-0.15, -0.1) is 0 Å². The molecule has 712 valence electrons. The number of carbonyl (C=O) groups is 4. The Hall–Kier alpha value is -11.6. The van der Waals surface area contributed by atoms with E-state index >= 15 is 19.2 Å². The molecule has 0 spiro atoms. The van der Waals surface area contributed by atoms with Crippen LogP contribution >= 0.6 is 0 Å². The van der Waals surface area contributed by atoms with Crippen LogP contribution in [0.5, 0.6) is 69.0 Å². The Kier molecular flexibility index (Phi) is 39.9. The first-order valence-corrected chi connectivity index (χ1v) is 49.9. The quantitative estimate of drug-likeness (QED) is 0.0329. The van der Waals surface area contributed by atoms with Crippen LogP contribution in [0.15, 0.2) is 121 Å². The molecular weight excluding hydrogens is 1670 g/mol. The van der Waals surface area contributed by atoms with Crippen LogP contribution in [0.2, 0.25) is 0 Å². The fourth-order valence-corrected chi connectivity index (χ4v) is 17.6. The maximum atomic E-state index is 15.4. The number of hydrogen-bond acceptors (Lipinski definition) is 16. The molecule has 0 unspecified atom stereocenters. The van der Waals surface area contributed by atoms with Gasteiger partial charge in [-0.1, -0.05) is 182 Å². The summed E-state index contributed by atoms with van der Waals surface area (Å²) in [5.41, 5.74) is 9.31. The van der Waals surface area contributed by atoms with Gasteiger partial charge in [-0.05, 0) is 126 Å². The van der Waals surface area contributed by atoms with Crippen molar-refractivity contribution in [2.45, 2.75) is 285 Å². The lowest BCUT2D eigenvalue weighted by molar-refractivity contribution is 0.261. The minimum absolute atomic E-state index is 0.138. The molecule has 1 aliphatic carbocycles. The molecule has 8 aromatic carbocycles. The predicted molar refractivity (Wildman–Crippen MR) is 528 cm³/mol. The Bertz CT molecular complexity index is 4170. The molecule has 13 rings (SSSR count). The van der Waals surface area contributed by atoms with Gasteiger partial charge >= 0.3 is 24.1 Å². The van der Waals surface area contributed by atoms with Crippen molar-refractivity contribution in [2.75, 3.05) is 122 Å². The van der Waals surface area contributed by atoms with Crippen molar-refractivity contribution in [3.8, 4) is 69.0 Å². The van der Waals surface area contributed by atoms with Crippen molar-refractivity contribution in [3.05, 3.63) is 166 Å². The number of carbonyl (C=O) groups excluding carboxylic acids is 4. The Morgan fingerprint density at radius 1 is 0.197 bits per heavy atom. The number of fused-ring (bicyclic) bond motifs is 16. The van der Waals surface area contributed by atoms with Crippen LogP contribution in [0, 0.1) is 0 Å². The molecule has 0 saturated heterocycles. The van der Waals surface area contributed by atoms with Crippen LogP contribution in [0.3, 0.4) is 0 Å². The van der Waals surface area contributed by atoms with Crippen LogP contribution in [-0.2, 0) is 25.7 Å². The van der Waals surface area contributed by atoms with E-state index in [2.05, 4.69) is 70.2 Å². The monoisotopic (exact) mass is 1810 g/mol. The molecule has 8 aromatic rings. The van der Waals surface area contributed by atoms with Crippen molar-refractivity contribution in [2.24, 2.45) is 0 Å². The highest BCUT2D eigenvalue weighted by Gasteiger charge is 2.28. The lowest BCUT2D eigenvalue weighted by atomic mass is 9.90. The number of urea groups is 4. The number of nitrogens with one attached hydrogen (secondary N) is 8. The fraction of sp³-hybridized carbons (Fsp3) is 0.519. The van der Waals surface area contributed by atoms with Gasteiger partial charge in [0.1, 0.15) is 69.0 Å². The van der Waals surface area contributed by atoms with Gasteiger partial charge in [0, 0.05) is 188 Å².